The van der Waals surface area contributed by atoms with E-state index in [2.05, 4.69) is 4.72 Å². The molecule has 1 aliphatic carbocycles. The van der Waals surface area contributed by atoms with Crippen LogP contribution in [-0.4, -0.2) is 45.3 Å². The van der Waals surface area contributed by atoms with Crippen LogP contribution in [0.25, 0.3) is 0 Å². The van der Waals surface area contributed by atoms with Crippen molar-refractivity contribution in [2.45, 2.75) is 47.9 Å². The molecule has 2 aromatic carbocycles. The fourth-order valence-corrected chi connectivity index (χ4v) is 6.03. The Labute approximate surface area is 176 Å². The molecule has 1 fully saturated rings. The number of carboxylic acids is 1. The first-order chi connectivity index (χ1) is 14.1. The third kappa shape index (κ3) is 4.82. The summed E-state index contributed by atoms with van der Waals surface area (Å²) < 4.78 is 54.6. The van der Waals surface area contributed by atoms with Gasteiger partial charge in [-0.15, -0.1) is 0 Å². The van der Waals surface area contributed by atoms with Crippen molar-refractivity contribution in [3.05, 3.63) is 54.1 Å². The third-order valence-corrected chi connectivity index (χ3v) is 8.57. The molecule has 0 spiro atoms. The lowest BCUT2D eigenvalue weighted by atomic mass is 9.96. The summed E-state index contributed by atoms with van der Waals surface area (Å²) in [4.78, 5) is 11.0. The van der Waals surface area contributed by atoms with Crippen molar-refractivity contribution in [3.8, 4) is 0 Å². The molecule has 0 amide bonds. The number of hydrogen-bond donors (Lipinski definition) is 2. The molecule has 162 valence electrons. The van der Waals surface area contributed by atoms with E-state index in [0.29, 0.717) is 0 Å². The van der Waals surface area contributed by atoms with Gasteiger partial charge in [0.25, 0.3) is 10.0 Å². The summed E-state index contributed by atoms with van der Waals surface area (Å²) in [6, 6.07) is 10.4. The predicted molar refractivity (Wildman–Crippen MR) is 112 cm³/mol. The molecule has 1 aliphatic rings. The molecule has 2 aromatic rings. The topological polar surface area (TPSA) is 121 Å². The molecular formula is C20H24N2O6S2. The van der Waals surface area contributed by atoms with Gasteiger partial charge >= 0.3 is 5.97 Å². The Morgan fingerprint density at radius 2 is 1.60 bits per heavy atom. The first-order valence-corrected chi connectivity index (χ1v) is 12.5. The van der Waals surface area contributed by atoms with Crippen LogP contribution in [0.2, 0.25) is 0 Å². The number of carboxylic acid groups (broad SMARTS) is 1. The SMILES string of the molecule is CN(C1CCCCC1)S(=O)(=O)c1ccc(NS(=O)(=O)c2cccc(C(=O)O)c2)cc1. The Morgan fingerprint density at radius 1 is 0.967 bits per heavy atom. The summed E-state index contributed by atoms with van der Waals surface area (Å²) in [5.41, 5.74) is 0.0278. The second kappa shape index (κ2) is 8.75. The summed E-state index contributed by atoms with van der Waals surface area (Å²) in [6.45, 7) is 0. The van der Waals surface area contributed by atoms with Gasteiger partial charge < -0.3 is 5.11 Å². The molecule has 0 unspecified atom stereocenters. The van der Waals surface area contributed by atoms with E-state index in [1.54, 1.807) is 7.05 Å². The molecule has 0 saturated heterocycles. The van der Waals surface area contributed by atoms with E-state index in [1.165, 1.54) is 46.8 Å². The zero-order valence-corrected chi connectivity index (χ0v) is 18.1. The Balaban J connectivity index is 1.78. The van der Waals surface area contributed by atoms with E-state index in [-0.39, 0.29) is 27.1 Å². The van der Waals surface area contributed by atoms with Gasteiger partial charge in [0.2, 0.25) is 10.0 Å². The van der Waals surface area contributed by atoms with E-state index in [9.17, 15) is 21.6 Å². The van der Waals surface area contributed by atoms with Crippen molar-refractivity contribution in [2.75, 3.05) is 11.8 Å². The van der Waals surface area contributed by atoms with Crippen LogP contribution in [-0.2, 0) is 20.0 Å². The molecule has 0 radical (unpaired) electrons. The van der Waals surface area contributed by atoms with Gasteiger partial charge in [-0.2, -0.15) is 4.31 Å². The second-order valence-electron chi connectivity index (χ2n) is 7.28. The molecule has 0 atom stereocenters. The van der Waals surface area contributed by atoms with Crippen molar-refractivity contribution >= 4 is 31.7 Å². The van der Waals surface area contributed by atoms with Crippen molar-refractivity contribution in [1.29, 1.82) is 0 Å². The zero-order valence-electron chi connectivity index (χ0n) is 16.5. The summed E-state index contributed by atoms with van der Waals surface area (Å²) in [5.74, 6) is -1.23. The number of aromatic carboxylic acids is 1. The molecule has 0 aromatic heterocycles. The lowest BCUT2D eigenvalue weighted by Crippen LogP contribution is -2.38. The van der Waals surface area contributed by atoms with Crippen molar-refractivity contribution in [3.63, 3.8) is 0 Å². The maximum atomic E-state index is 12.9. The summed E-state index contributed by atoms with van der Waals surface area (Å²) >= 11 is 0. The molecule has 8 nitrogen and oxygen atoms in total. The van der Waals surface area contributed by atoms with E-state index < -0.39 is 26.0 Å². The number of benzene rings is 2. The minimum Gasteiger partial charge on any atom is -0.478 e. The minimum atomic E-state index is -4.02. The van der Waals surface area contributed by atoms with Gasteiger partial charge in [-0.05, 0) is 55.3 Å². The third-order valence-electron chi connectivity index (χ3n) is 5.26. The van der Waals surface area contributed by atoms with Gasteiger partial charge in [0.15, 0.2) is 0 Å². The van der Waals surface area contributed by atoms with Crippen LogP contribution in [0, 0.1) is 0 Å². The smallest absolute Gasteiger partial charge is 0.335 e. The standard InChI is InChI=1S/C20H24N2O6S2/c1-22(17-7-3-2-4-8-17)30(27,28)18-12-10-16(11-13-18)21-29(25,26)19-9-5-6-15(14-19)20(23)24/h5-6,9-14,17,21H,2-4,7-8H2,1H3,(H,23,24). The van der Waals surface area contributed by atoms with Crippen LogP contribution in [0.1, 0.15) is 42.5 Å². The fraction of sp³-hybridized carbons (Fsp3) is 0.350. The number of anilines is 1. The lowest BCUT2D eigenvalue weighted by molar-refractivity contribution is 0.0696. The Morgan fingerprint density at radius 3 is 2.20 bits per heavy atom. The minimum absolute atomic E-state index is 0.0246. The Kier molecular flexibility index (Phi) is 6.49. The van der Waals surface area contributed by atoms with Gasteiger partial charge in [-0.25, -0.2) is 21.6 Å². The van der Waals surface area contributed by atoms with Gasteiger partial charge in [0, 0.05) is 18.8 Å². The highest BCUT2D eigenvalue weighted by atomic mass is 32.2. The molecule has 0 heterocycles. The maximum Gasteiger partial charge on any atom is 0.335 e. The normalized spacial score (nSPS) is 15.8. The zero-order chi connectivity index (χ0) is 21.9. The molecule has 2 N–H and O–H groups in total. The molecule has 0 aliphatic heterocycles. The lowest BCUT2D eigenvalue weighted by Gasteiger charge is -2.30. The van der Waals surface area contributed by atoms with Crippen molar-refractivity contribution < 1.29 is 26.7 Å². The average Bonchev–Trinajstić information content (AvgIpc) is 2.74. The fourth-order valence-electron chi connectivity index (χ4n) is 3.51. The van der Waals surface area contributed by atoms with Gasteiger partial charge in [-0.1, -0.05) is 25.3 Å². The second-order valence-corrected chi connectivity index (χ2v) is 11.0. The molecule has 30 heavy (non-hydrogen) atoms. The van der Waals surface area contributed by atoms with E-state index >= 15 is 0 Å². The van der Waals surface area contributed by atoms with Crippen molar-refractivity contribution in [1.82, 2.24) is 4.31 Å². The van der Waals surface area contributed by atoms with Crippen LogP contribution < -0.4 is 4.72 Å². The quantitative estimate of drug-likeness (QED) is 0.666. The number of rotatable bonds is 7. The summed E-state index contributed by atoms with van der Waals surface area (Å²) in [5, 5.41) is 9.03. The first-order valence-electron chi connectivity index (χ1n) is 9.55. The molecule has 3 rings (SSSR count). The Hall–Kier alpha value is -2.43. The van der Waals surface area contributed by atoms with Crippen LogP contribution >= 0.6 is 0 Å². The highest BCUT2D eigenvalue weighted by molar-refractivity contribution is 7.92. The number of nitrogens with one attached hydrogen (secondary N) is 1. The highest BCUT2D eigenvalue weighted by Crippen LogP contribution is 2.27. The summed E-state index contributed by atoms with van der Waals surface area (Å²) in [7, 11) is -6.12. The van der Waals surface area contributed by atoms with Crippen LogP contribution in [0.15, 0.2) is 58.3 Å². The first kappa shape index (κ1) is 22.3. The predicted octanol–water partition coefficient (Wildman–Crippen LogP) is 3.14. The number of sulfonamides is 2. The van der Waals surface area contributed by atoms with Crippen molar-refractivity contribution in [2.24, 2.45) is 0 Å². The highest BCUT2D eigenvalue weighted by Gasteiger charge is 2.29. The van der Waals surface area contributed by atoms with Gasteiger partial charge in [0.05, 0.1) is 15.4 Å². The van der Waals surface area contributed by atoms with Crippen LogP contribution in [0.5, 0.6) is 0 Å². The molecule has 0 bridgehead atoms. The molecule has 10 heteroatoms. The van der Waals surface area contributed by atoms with E-state index in [1.807, 2.05) is 0 Å². The number of nitrogens with zero attached hydrogens (tertiary/aromatic N) is 1. The van der Waals surface area contributed by atoms with Gasteiger partial charge in [-0.3, -0.25) is 4.72 Å². The average molecular weight is 453 g/mol. The monoisotopic (exact) mass is 452 g/mol. The largest absolute Gasteiger partial charge is 0.478 e. The maximum absolute atomic E-state index is 12.9. The number of hydrogen-bond acceptors (Lipinski definition) is 5. The van der Waals surface area contributed by atoms with E-state index in [4.69, 9.17) is 5.11 Å². The van der Waals surface area contributed by atoms with E-state index in [0.717, 1.165) is 38.2 Å². The van der Waals surface area contributed by atoms with Gasteiger partial charge in [0.1, 0.15) is 0 Å². The van der Waals surface area contributed by atoms with Crippen LogP contribution in [0.4, 0.5) is 5.69 Å². The Bertz CT molecular complexity index is 1120. The molecule has 1 saturated carbocycles. The molecular weight excluding hydrogens is 428 g/mol. The number of carbonyl (C=O) groups is 1. The summed E-state index contributed by atoms with van der Waals surface area (Å²) in [6.07, 6.45) is 4.81. The van der Waals surface area contributed by atoms with Crippen LogP contribution in [0.3, 0.4) is 0 Å².